The van der Waals surface area contributed by atoms with Gasteiger partial charge in [0.1, 0.15) is 12.6 Å². The highest BCUT2D eigenvalue weighted by Gasteiger charge is 2.34. The van der Waals surface area contributed by atoms with Crippen molar-refractivity contribution in [2.75, 3.05) is 17.1 Å². The van der Waals surface area contributed by atoms with Crippen LogP contribution in [0, 0.1) is 6.92 Å². The third-order valence-corrected chi connectivity index (χ3v) is 8.80. The maximum Gasteiger partial charge on any atom is 0.244 e. The number of nitrogens with zero attached hydrogens (tertiary/aromatic N) is 2. The van der Waals surface area contributed by atoms with Gasteiger partial charge in [-0.3, -0.25) is 13.9 Å². The molecule has 0 saturated heterocycles. The molecule has 220 valence electrons. The zero-order valence-electron chi connectivity index (χ0n) is 23.4. The monoisotopic (exact) mass is 637 g/mol. The molecule has 0 heterocycles. The van der Waals surface area contributed by atoms with Crippen LogP contribution in [0.3, 0.4) is 0 Å². The van der Waals surface area contributed by atoms with Gasteiger partial charge in [-0.2, -0.15) is 0 Å². The number of rotatable bonds is 12. The molecule has 2 atom stereocenters. The lowest BCUT2D eigenvalue weighted by molar-refractivity contribution is -0.140. The lowest BCUT2D eigenvalue weighted by Gasteiger charge is -2.34. The van der Waals surface area contributed by atoms with Crippen LogP contribution < -0.4 is 9.62 Å². The van der Waals surface area contributed by atoms with Crippen LogP contribution in [0.25, 0.3) is 0 Å². The van der Waals surface area contributed by atoms with Crippen LogP contribution in [0.5, 0.6) is 0 Å². The molecule has 11 heteroatoms. The van der Waals surface area contributed by atoms with Gasteiger partial charge in [-0.15, -0.1) is 0 Å². The molecule has 0 radical (unpaired) electrons. The third kappa shape index (κ3) is 9.10. The molecule has 0 aliphatic carbocycles. The number of sulfonamides is 1. The van der Waals surface area contributed by atoms with Gasteiger partial charge in [-0.05, 0) is 43.5 Å². The van der Waals surface area contributed by atoms with Crippen molar-refractivity contribution in [2.24, 2.45) is 0 Å². The van der Waals surface area contributed by atoms with Crippen LogP contribution in [-0.4, -0.2) is 50.0 Å². The van der Waals surface area contributed by atoms with E-state index in [1.54, 1.807) is 0 Å². The van der Waals surface area contributed by atoms with Gasteiger partial charge < -0.3 is 10.2 Å². The second-order valence-corrected chi connectivity index (χ2v) is 13.1. The van der Waals surface area contributed by atoms with Gasteiger partial charge in [0.05, 0.1) is 27.0 Å². The Labute approximate surface area is 257 Å². The van der Waals surface area contributed by atoms with Gasteiger partial charge >= 0.3 is 0 Å². The van der Waals surface area contributed by atoms with E-state index in [1.807, 2.05) is 75.4 Å². The van der Waals surface area contributed by atoms with Crippen LogP contribution >= 0.6 is 34.8 Å². The molecule has 0 bridgehead atoms. The Morgan fingerprint density at radius 1 is 0.902 bits per heavy atom. The topological polar surface area (TPSA) is 86.8 Å². The minimum atomic E-state index is -4.01. The summed E-state index contributed by atoms with van der Waals surface area (Å²) in [5, 5.41) is 3.24. The summed E-state index contributed by atoms with van der Waals surface area (Å²) in [6.45, 7) is 5.26. The Morgan fingerprint density at radius 3 is 2.15 bits per heavy atom. The summed E-state index contributed by atoms with van der Waals surface area (Å²) in [5.41, 5.74) is 2.65. The first-order chi connectivity index (χ1) is 19.3. The van der Waals surface area contributed by atoms with Crippen molar-refractivity contribution < 1.29 is 18.0 Å². The van der Waals surface area contributed by atoms with E-state index in [4.69, 9.17) is 34.8 Å². The van der Waals surface area contributed by atoms with E-state index in [-0.39, 0.29) is 45.7 Å². The SMILES string of the molecule is CC[C@@H](C)NC(=O)[C@@H](Cc1ccccc1)N(Cc1cccc(C)c1)C(=O)CN(c1cc(Cl)c(Cl)cc1Cl)S(C)(=O)=O. The smallest absolute Gasteiger partial charge is 0.244 e. The molecular formula is C30H34Cl3N3O4S. The molecule has 0 saturated carbocycles. The van der Waals surface area contributed by atoms with Crippen LogP contribution in [0.2, 0.25) is 15.1 Å². The molecule has 0 fully saturated rings. The van der Waals surface area contributed by atoms with E-state index in [1.165, 1.54) is 17.0 Å². The number of amides is 2. The van der Waals surface area contributed by atoms with Gasteiger partial charge in [-0.1, -0.05) is 102 Å². The number of hydrogen-bond donors (Lipinski definition) is 1. The number of nitrogens with one attached hydrogen (secondary N) is 1. The summed E-state index contributed by atoms with van der Waals surface area (Å²) in [4.78, 5) is 29.3. The lowest BCUT2D eigenvalue weighted by Crippen LogP contribution is -2.54. The van der Waals surface area contributed by atoms with Crippen molar-refractivity contribution in [3.05, 3.63) is 98.5 Å². The second-order valence-electron chi connectivity index (χ2n) is 10.0. The van der Waals surface area contributed by atoms with E-state index in [0.29, 0.717) is 6.42 Å². The summed E-state index contributed by atoms with van der Waals surface area (Å²) < 4.78 is 26.8. The van der Waals surface area contributed by atoms with E-state index in [0.717, 1.165) is 27.3 Å². The standard InChI is InChI=1S/C30H34Cl3N3O4S/c1-5-21(3)34-30(38)28(15-22-11-7-6-8-12-22)35(18-23-13-9-10-20(2)14-23)29(37)19-36(41(4,39)40)27-17-25(32)24(31)16-26(27)33/h6-14,16-17,21,28H,5,15,18-19H2,1-4H3,(H,34,38)/t21-,28-/m1/s1. The predicted molar refractivity (Wildman–Crippen MR) is 167 cm³/mol. The number of anilines is 1. The number of hydrogen-bond acceptors (Lipinski definition) is 4. The Balaban J connectivity index is 2.10. The first-order valence-electron chi connectivity index (χ1n) is 13.1. The fourth-order valence-electron chi connectivity index (χ4n) is 4.30. The number of carbonyl (C=O) groups excluding carboxylic acids is 2. The first-order valence-corrected chi connectivity index (χ1v) is 16.1. The Morgan fingerprint density at radius 2 is 1.54 bits per heavy atom. The van der Waals surface area contributed by atoms with Crippen molar-refractivity contribution in [1.82, 2.24) is 10.2 Å². The van der Waals surface area contributed by atoms with E-state index in [9.17, 15) is 18.0 Å². The summed E-state index contributed by atoms with van der Waals surface area (Å²) in [7, 11) is -4.01. The summed E-state index contributed by atoms with van der Waals surface area (Å²) in [6.07, 6.45) is 1.90. The fraction of sp³-hybridized carbons (Fsp3) is 0.333. The fourth-order valence-corrected chi connectivity index (χ4v) is 5.85. The van der Waals surface area contributed by atoms with Gasteiger partial charge in [0.25, 0.3) is 0 Å². The van der Waals surface area contributed by atoms with Crippen LogP contribution in [0.15, 0.2) is 66.7 Å². The Hall–Kier alpha value is -2.78. The maximum absolute atomic E-state index is 14.2. The molecule has 2 amide bonds. The van der Waals surface area contributed by atoms with E-state index in [2.05, 4.69) is 5.32 Å². The van der Waals surface area contributed by atoms with Crippen LogP contribution in [0.1, 0.15) is 37.0 Å². The highest BCUT2D eigenvalue weighted by Crippen LogP contribution is 2.35. The minimum Gasteiger partial charge on any atom is -0.352 e. The van der Waals surface area contributed by atoms with Crippen LogP contribution in [-0.2, 0) is 32.6 Å². The van der Waals surface area contributed by atoms with Crippen LogP contribution in [0.4, 0.5) is 5.69 Å². The van der Waals surface area contributed by atoms with Crippen molar-refractivity contribution >= 4 is 62.3 Å². The van der Waals surface area contributed by atoms with Crippen molar-refractivity contribution in [1.29, 1.82) is 0 Å². The Kier molecular flexibility index (Phi) is 11.5. The summed E-state index contributed by atoms with van der Waals surface area (Å²) >= 11 is 18.6. The Bertz CT molecular complexity index is 1490. The minimum absolute atomic E-state index is 0.0103. The number of aryl methyl sites for hydroxylation is 1. The van der Waals surface area contributed by atoms with E-state index >= 15 is 0 Å². The molecule has 0 spiro atoms. The molecule has 0 aromatic heterocycles. The zero-order chi connectivity index (χ0) is 30.3. The molecule has 0 aliphatic rings. The molecule has 7 nitrogen and oxygen atoms in total. The average molecular weight is 639 g/mol. The van der Waals surface area contributed by atoms with Crippen molar-refractivity contribution in [2.45, 2.75) is 52.2 Å². The number of benzene rings is 3. The second kappa shape index (κ2) is 14.4. The highest BCUT2D eigenvalue weighted by molar-refractivity contribution is 7.92. The number of halogens is 3. The predicted octanol–water partition coefficient (Wildman–Crippen LogP) is 6.28. The highest BCUT2D eigenvalue weighted by atomic mass is 35.5. The maximum atomic E-state index is 14.2. The molecule has 3 aromatic rings. The molecule has 41 heavy (non-hydrogen) atoms. The largest absolute Gasteiger partial charge is 0.352 e. The normalized spacial score (nSPS) is 12.9. The molecule has 3 rings (SSSR count). The average Bonchev–Trinajstić information content (AvgIpc) is 2.91. The molecule has 0 unspecified atom stereocenters. The summed E-state index contributed by atoms with van der Waals surface area (Å²) in [5.74, 6) is -0.915. The quantitative estimate of drug-likeness (QED) is 0.237. The summed E-state index contributed by atoms with van der Waals surface area (Å²) in [6, 6.07) is 18.6. The first kappa shape index (κ1) is 32.7. The lowest BCUT2D eigenvalue weighted by atomic mass is 10.0. The number of carbonyl (C=O) groups is 2. The molecular weight excluding hydrogens is 605 g/mol. The van der Waals surface area contributed by atoms with Gasteiger partial charge in [0.2, 0.25) is 21.8 Å². The van der Waals surface area contributed by atoms with Crippen molar-refractivity contribution in [3.63, 3.8) is 0 Å². The third-order valence-electron chi connectivity index (χ3n) is 6.65. The zero-order valence-corrected chi connectivity index (χ0v) is 26.5. The van der Waals surface area contributed by atoms with Gasteiger partial charge in [0, 0.05) is 19.0 Å². The van der Waals surface area contributed by atoms with E-state index < -0.39 is 28.5 Å². The van der Waals surface area contributed by atoms with Gasteiger partial charge in [-0.25, -0.2) is 8.42 Å². The van der Waals surface area contributed by atoms with Crippen molar-refractivity contribution in [3.8, 4) is 0 Å². The molecule has 0 aliphatic heterocycles. The molecule has 1 N–H and O–H groups in total. The van der Waals surface area contributed by atoms with Gasteiger partial charge in [0.15, 0.2) is 0 Å². The molecule has 3 aromatic carbocycles.